The van der Waals surface area contributed by atoms with Gasteiger partial charge in [-0.05, 0) is 104 Å². The molecule has 0 aliphatic carbocycles. The van der Waals surface area contributed by atoms with Crippen molar-refractivity contribution < 1.29 is 9.50 Å². The molecule has 8 heteroatoms. The molecule has 0 saturated carbocycles. The van der Waals surface area contributed by atoms with Crippen LogP contribution >= 0.6 is 0 Å². The van der Waals surface area contributed by atoms with E-state index in [1.54, 1.807) is 0 Å². The lowest BCUT2D eigenvalue weighted by molar-refractivity contribution is 0.255. The smallest absolute Gasteiger partial charge is 0.262 e. The first kappa shape index (κ1) is 28.0. The summed E-state index contributed by atoms with van der Waals surface area (Å²) in [6, 6.07) is 23.0. The van der Waals surface area contributed by atoms with E-state index in [9.17, 15) is 14.3 Å². The van der Waals surface area contributed by atoms with Crippen LogP contribution in [0, 0.1) is 5.82 Å². The first-order chi connectivity index (χ1) is 21.4. The van der Waals surface area contributed by atoms with E-state index in [-0.39, 0.29) is 16.9 Å². The van der Waals surface area contributed by atoms with Gasteiger partial charge in [0.05, 0.1) is 28.3 Å². The lowest BCUT2D eigenvalue weighted by Crippen LogP contribution is -2.29. The highest BCUT2D eigenvalue weighted by Crippen LogP contribution is 2.35. The third kappa shape index (κ3) is 4.95. The average molecular weight is 588 g/mol. The van der Waals surface area contributed by atoms with Crippen LogP contribution in [0.2, 0.25) is 0 Å². The number of aromatic hydroxyl groups is 1. The predicted molar refractivity (Wildman–Crippen MR) is 172 cm³/mol. The molecule has 1 fully saturated rings. The third-order valence-corrected chi connectivity index (χ3v) is 9.05. The lowest BCUT2D eigenvalue weighted by Gasteiger charge is -2.29. The second-order valence-corrected chi connectivity index (χ2v) is 11.7. The molecule has 7 rings (SSSR count). The Labute approximate surface area is 254 Å². The minimum atomic E-state index is -0.940. The largest absolute Gasteiger partial charge is 0.508 e. The van der Waals surface area contributed by atoms with Crippen molar-refractivity contribution in [2.75, 3.05) is 20.1 Å². The quantitative estimate of drug-likeness (QED) is 0.224. The maximum atomic E-state index is 14.6. The van der Waals surface area contributed by atoms with Crippen LogP contribution in [0.5, 0.6) is 5.75 Å². The van der Waals surface area contributed by atoms with Gasteiger partial charge in [-0.25, -0.2) is 14.4 Å². The second-order valence-electron chi connectivity index (χ2n) is 11.7. The van der Waals surface area contributed by atoms with Gasteiger partial charge in [-0.15, -0.1) is 0 Å². The Kier molecular flexibility index (Phi) is 7.22. The van der Waals surface area contributed by atoms with E-state index in [0.29, 0.717) is 34.6 Å². The molecule has 6 aromatic rings. The fourth-order valence-electron chi connectivity index (χ4n) is 6.66. The maximum Gasteiger partial charge on any atom is 0.262 e. The highest BCUT2D eigenvalue weighted by Gasteiger charge is 2.27. The standard InChI is InChI=1S/C36H34FN5O2/c1-3-26-27(24-10-8-22(9-11-24)23-16-18-41(2)19-17-23)13-14-31-33(26)36(44)42(21-38-31)34(28-20-25(37)12-15-32(28)43)35-39-29-6-4-5-7-30(29)40-35/h4-15,20-21,23,34,43H,3,16-19H2,1-2H3,(H,39,40). The summed E-state index contributed by atoms with van der Waals surface area (Å²) in [5, 5.41) is 11.4. The number of phenolic OH excluding ortho intramolecular Hbond substituents is 1. The van der Waals surface area contributed by atoms with Crippen LogP contribution in [0.3, 0.4) is 0 Å². The molecule has 3 heterocycles. The van der Waals surface area contributed by atoms with Gasteiger partial charge in [0, 0.05) is 5.56 Å². The number of aromatic amines is 1. The topological polar surface area (TPSA) is 87.0 Å². The molecule has 4 aromatic carbocycles. The van der Waals surface area contributed by atoms with Crippen molar-refractivity contribution in [3.05, 3.63) is 124 Å². The molecule has 1 unspecified atom stereocenters. The zero-order valence-corrected chi connectivity index (χ0v) is 24.8. The highest BCUT2D eigenvalue weighted by atomic mass is 19.1. The van der Waals surface area contributed by atoms with Crippen LogP contribution in [0.1, 0.15) is 54.2 Å². The molecule has 1 saturated heterocycles. The minimum absolute atomic E-state index is 0.141. The molecule has 0 bridgehead atoms. The van der Waals surface area contributed by atoms with Crippen molar-refractivity contribution in [2.45, 2.75) is 38.1 Å². The average Bonchev–Trinajstić information content (AvgIpc) is 3.47. The number of imidazole rings is 1. The number of rotatable bonds is 6. The molecule has 0 spiro atoms. The van der Waals surface area contributed by atoms with Gasteiger partial charge in [-0.2, -0.15) is 0 Å². The van der Waals surface area contributed by atoms with Crippen LogP contribution in [0.15, 0.2) is 90.0 Å². The summed E-state index contributed by atoms with van der Waals surface area (Å²) in [7, 11) is 2.17. The Morgan fingerprint density at radius 3 is 2.52 bits per heavy atom. The Hall–Kier alpha value is -4.82. The molecule has 1 aliphatic rings. The zero-order chi connectivity index (χ0) is 30.4. The van der Waals surface area contributed by atoms with Gasteiger partial charge >= 0.3 is 0 Å². The number of aryl methyl sites for hydroxylation is 1. The van der Waals surface area contributed by atoms with Crippen LogP contribution in [-0.2, 0) is 6.42 Å². The van der Waals surface area contributed by atoms with Crippen molar-refractivity contribution in [1.82, 2.24) is 24.4 Å². The van der Waals surface area contributed by atoms with E-state index in [4.69, 9.17) is 4.98 Å². The monoisotopic (exact) mass is 587 g/mol. The van der Waals surface area contributed by atoms with Gasteiger partial charge in [0.25, 0.3) is 5.56 Å². The van der Waals surface area contributed by atoms with Crippen molar-refractivity contribution in [2.24, 2.45) is 0 Å². The highest BCUT2D eigenvalue weighted by molar-refractivity contribution is 5.89. The van der Waals surface area contributed by atoms with Gasteiger partial charge in [0.2, 0.25) is 0 Å². The van der Waals surface area contributed by atoms with Gasteiger partial charge in [-0.3, -0.25) is 9.36 Å². The van der Waals surface area contributed by atoms with E-state index in [1.165, 1.54) is 34.7 Å². The molecular weight excluding hydrogens is 553 g/mol. The zero-order valence-electron chi connectivity index (χ0n) is 24.8. The van der Waals surface area contributed by atoms with Crippen LogP contribution in [0.25, 0.3) is 33.1 Å². The molecule has 7 nitrogen and oxygen atoms in total. The van der Waals surface area contributed by atoms with Gasteiger partial charge < -0.3 is 15.0 Å². The van der Waals surface area contributed by atoms with Gasteiger partial charge in [0.1, 0.15) is 23.4 Å². The molecular formula is C36H34FN5O2. The number of hydrogen-bond donors (Lipinski definition) is 2. The summed E-state index contributed by atoms with van der Waals surface area (Å²) in [5.41, 5.74) is 6.27. The molecule has 222 valence electrons. The first-order valence-electron chi connectivity index (χ1n) is 15.2. The number of nitrogens with zero attached hydrogens (tertiary/aromatic N) is 4. The summed E-state index contributed by atoms with van der Waals surface area (Å²) in [6.45, 7) is 4.26. The Morgan fingerprint density at radius 2 is 1.77 bits per heavy atom. The van der Waals surface area contributed by atoms with E-state index in [0.717, 1.165) is 48.1 Å². The number of para-hydroxylation sites is 2. The number of hydrogen-bond acceptors (Lipinski definition) is 5. The molecule has 44 heavy (non-hydrogen) atoms. The molecule has 2 N–H and O–H groups in total. The molecule has 2 aromatic heterocycles. The molecule has 0 radical (unpaired) electrons. The molecule has 1 aliphatic heterocycles. The maximum absolute atomic E-state index is 14.6. The molecule has 0 amide bonds. The summed E-state index contributed by atoms with van der Waals surface area (Å²) in [5.74, 6) is 0.293. The number of H-pyrrole nitrogens is 1. The SMILES string of the molecule is CCc1c(-c2ccc(C3CCN(C)CC3)cc2)ccc2ncn(C(c3nc4ccccc4[nH]3)c3cc(F)ccc3O)c(=O)c12. The number of phenols is 1. The number of nitrogens with one attached hydrogen (secondary N) is 1. The Morgan fingerprint density at radius 1 is 1.00 bits per heavy atom. The normalized spacial score (nSPS) is 15.2. The number of halogens is 1. The predicted octanol–water partition coefficient (Wildman–Crippen LogP) is 6.79. The fraction of sp³-hybridized carbons (Fsp3) is 0.250. The number of likely N-dealkylation sites (tertiary alicyclic amines) is 1. The van der Waals surface area contributed by atoms with Gasteiger partial charge in [-0.1, -0.05) is 49.4 Å². The third-order valence-electron chi connectivity index (χ3n) is 9.05. The number of piperidine rings is 1. The molecule has 1 atom stereocenters. The van der Waals surface area contributed by atoms with E-state index >= 15 is 0 Å². The van der Waals surface area contributed by atoms with E-state index in [1.807, 2.05) is 43.3 Å². The Bertz CT molecular complexity index is 2010. The Balaban J connectivity index is 1.37. The summed E-state index contributed by atoms with van der Waals surface area (Å²) < 4.78 is 16.0. The van der Waals surface area contributed by atoms with Crippen molar-refractivity contribution in [1.29, 1.82) is 0 Å². The van der Waals surface area contributed by atoms with Crippen LogP contribution in [0.4, 0.5) is 4.39 Å². The van der Waals surface area contributed by atoms with E-state index < -0.39 is 11.9 Å². The minimum Gasteiger partial charge on any atom is -0.508 e. The fourth-order valence-corrected chi connectivity index (χ4v) is 6.66. The van der Waals surface area contributed by atoms with Crippen LogP contribution < -0.4 is 5.56 Å². The number of benzene rings is 4. The lowest BCUT2D eigenvalue weighted by atomic mass is 9.88. The van der Waals surface area contributed by atoms with Crippen LogP contribution in [-0.4, -0.2) is 49.7 Å². The number of aromatic nitrogens is 4. The van der Waals surface area contributed by atoms with E-state index in [2.05, 4.69) is 46.2 Å². The van der Waals surface area contributed by atoms with Gasteiger partial charge in [0.15, 0.2) is 0 Å². The summed E-state index contributed by atoms with van der Waals surface area (Å²) in [6.07, 6.45) is 4.39. The summed E-state index contributed by atoms with van der Waals surface area (Å²) >= 11 is 0. The van der Waals surface area contributed by atoms with Crippen molar-refractivity contribution in [3.8, 4) is 16.9 Å². The number of fused-ring (bicyclic) bond motifs is 2. The first-order valence-corrected chi connectivity index (χ1v) is 15.2. The van der Waals surface area contributed by atoms with Crippen molar-refractivity contribution >= 4 is 21.9 Å². The summed E-state index contributed by atoms with van der Waals surface area (Å²) in [4.78, 5) is 29.6. The van der Waals surface area contributed by atoms with Crippen molar-refractivity contribution in [3.63, 3.8) is 0 Å². The second kappa shape index (κ2) is 11.4.